The topological polar surface area (TPSA) is 78.9 Å². The summed E-state index contributed by atoms with van der Waals surface area (Å²) in [7, 11) is -1.68. The number of hydrogen-bond acceptors (Lipinski definition) is 5. The number of aryl methyl sites for hydroxylation is 1. The van der Waals surface area contributed by atoms with E-state index in [2.05, 4.69) is 27.3 Å². The second-order valence-electron chi connectivity index (χ2n) is 8.80. The standard InChI is InChI=1S/C27H27ClFN5OS/c1-2-17-12-19(13-20-15-31-27(33-26(17)20)32-21-6-5-11-30-16-21)18-9-10-24(23(29)14-18)34-36(35)25-8-4-3-7-22(25)28/h3-4,7-10,12-15,21,30,34H,2,5-6,11,16H2,1H3,(H,31,32,33)/t21-,36?/m0/s1. The molecule has 0 aliphatic carbocycles. The lowest BCUT2D eigenvalue weighted by Gasteiger charge is -2.23. The highest BCUT2D eigenvalue weighted by atomic mass is 35.5. The Hall–Kier alpha value is -3.07. The normalized spacial score (nSPS) is 16.6. The Bertz CT molecular complexity index is 1430. The van der Waals surface area contributed by atoms with Gasteiger partial charge in [-0.1, -0.05) is 36.7 Å². The Morgan fingerprint density at radius 1 is 1.17 bits per heavy atom. The summed E-state index contributed by atoms with van der Waals surface area (Å²) in [6, 6.07) is 16.0. The van der Waals surface area contributed by atoms with Crippen LogP contribution < -0.4 is 15.4 Å². The highest BCUT2D eigenvalue weighted by Crippen LogP contribution is 2.31. The van der Waals surface area contributed by atoms with Crippen LogP contribution in [-0.2, 0) is 17.4 Å². The van der Waals surface area contributed by atoms with Gasteiger partial charge in [-0.05, 0) is 78.9 Å². The maximum absolute atomic E-state index is 15.0. The van der Waals surface area contributed by atoms with Crippen molar-refractivity contribution < 1.29 is 8.60 Å². The first-order valence-corrected chi connectivity index (χ1v) is 13.5. The molecule has 9 heteroatoms. The Morgan fingerprint density at radius 2 is 2.03 bits per heavy atom. The second-order valence-corrected chi connectivity index (χ2v) is 10.4. The molecule has 1 aromatic heterocycles. The van der Waals surface area contributed by atoms with Gasteiger partial charge in [-0.2, -0.15) is 0 Å². The van der Waals surface area contributed by atoms with Crippen molar-refractivity contribution in [3.05, 3.63) is 77.2 Å². The number of nitrogens with zero attached hydrogens (tertiary/aromatic N) is 2. The van der Waals surface area contributed by atoms with Gasteiger partial charge in [0.05, 0.1) is 21.1 Å². The van der Waals surface area contributed by atoms with E-state index in [9.17, 15) is 4.21 Å². The fourth-order valence-electron chi connectivity index (χ4n) is 4.41. The minimum atomic E-state index is -1.68. The zero-order valence-electron chi connectivity index (χ0n) is 19.9. The van der Waals surface area contributed by atoms with Gasteiger partial charge in [-0.3, -0.25) is 4.72 Å². The Labute approximate surface area is 217 Å². The average Bonchev–Trinajstić information content (AvgIpc) is 2.90. The van der Waals surface area contributed by atoms with Crippen molar-refractivity contribution in [2.45, 2.75) is 37.1 Å². The molecule has 5 rings (SSSR count). The van der Waals surface area contributed by atoms with Crippen LogP contribution in [0.4, 0.5) is 16.0 Å². The molecule has 0 spiro atoms. The van der Waals surface area contributed by atoms with Crippen molar-refractivity contribution in [3.8, 4) is 11.1 Å². The summed E-state index contributed by atoms with van der Waals surface area (Å²) in [4.78, 5) is 9.73. The number of benzene rings is 3. The van der Waals surface area contributed by atoms with Gasteiger partial charge in [0.25, 0.3) is 0 Å². The SMILES string of the molecule is CCc1cc(-c2ccc(NS(=O)c3ccccc3Cl)c(F)c2)cc2cnc(N[C@H]3CCCNC3)nc12. The summed E-state index contributed by atoms with van der Waals surface area (Å²) >= 11 is 6.12. The average molecular weight is 524 g/mol. The van der Waals surface area contributed by atoms with Gasteiger partial charge >= 0.3 is 0 Å². The van der Waals surface area contributed by atoms with E-state index in [1.807, 2.05) is 24.4 Å². The van der Waals surface area contributed by atoms with Gasteiger partial charge in [0.15, 0.2) is 11.0 Å². The van der Waals surface area contributed by atoms with Crippen LogP contribution in [0.5, 0.6) is 0 Å². The Balaban J connectivity index is 1.40. The fraction of sp³-hybridized carbons (Fsp3) is 0.259. The van der Waals surface area contributed by atoms with Crippen LogP contribution in [0.2, 0.25) is 5.02 Å². The van der Waals surface area contributed by atoms with Crippen LogP contribution >= 0.6 is 11.6 Å². The maximum Gasteiger partial charge on any atom is 0.223 e. The van der Waals surface area contributed by atoms with Crippen LogP contribution in [0.25, 0.3) is 22.0 Å². The summed E-state index contributed by atoms with van der Waals surface area (Å²) in [5.41, 5.74) is 3.70. The van der Waals surface area contributed by atoms with Gasteiger partial charge in [0.2, 0.25) is 5.95 Å². The largest absolute Gasteiger partial charge is 0.350 e. The van der Waals surface area contributed by atoms with Crippen molar-refractivity contribution in [3.63, 3.8) is 0 Å². The van der Waals surface area contributed by atoms with E-state index >= 15 is 4.39 Å². The summed E-state index contributed by atoms with van der Waals surface area (Å²) in [5.74, 6) is 0.134. The van der Waals surface area contributed by atoms with Gasteiger partial charge in [0, 0.05) is 24.2 Å². The Morgan fingerprint density at radius 3 is 2.78 bits per heavy atom. The number of halogens is 2. The van der Waals surface area contributed by atoms with Crippen LogP contribution in [0.3, 0.4) is 0 Å². The maximum atomic E-state index is 15.0. The molecular formula is C27H27ClFN5OS. The highest BCUT2D eigenvalue weighted by molar-refractivity contribution is 7.86. The smallest absolute Gasteiger partial charge is 0.223 e. The van der Waals surface area contributed by atoms with Crippen molar-refractivity contribution in [2.24, 2.45) is 0 Å². The monoisotopic (exact) mass is 523 g/mol. The molecule has 2 atom stereocenters. The first-order chi connectivity index (χ1) is 17.5. The van der Waals surface area contributed by atoms with Crippen molar-refractivity contribution in [1.29, 1.82) is 0 Å². The molecule has 186 valence electrons. The van der Waals surface area contributed by atoms with Crippen LogP contribution in [-0.4, -0.2) is 33.3 Å². The van der Waals surface area contributed by atoms with E-state index in [-0.39, 0.29) is 5.69 Å². The zero-order chi connectivity index (χ0) is 25.1. The molecule has 3 N–H and O–H groups in total. The lowest BCUT2D eigenvalue weighted by molar-refractivity contribution is 0.478. The van der Waals surface area contributed by atoms with E-state index in [0.29, 0.717) is 27.5 Å². The van der Waals surface area contributed by atoms with Gasteiger partial charge in [-0.25, -0.2) is 18.6 Å². The quantitative estimate of drug-likeness (QED) is 0.279. The molecule has 1 unspecified atom stereocenters. The number of aromatic nitrogens is 2. The number of hydrogen-bond donors (Lipinski definition) is 3. The molecule has 0 radical (unpaired) electrons. The lowest BCUT2D eigenvalue weighted by atomic mass is 9.98. The van der Waals surface area contributed by atoms with Crippen LogP contribution in [0.1, 0.15) is 25.3 Å². The molecule has 1 aliphatic heterocycles. The zero-order valence-corrected chi connectivity index (χ0v) is 21.4. The van der Waals surface area contributed by atoms with Crippen molar-refractivity contribution in [2.75, 3.05) is 23.1 Å². The molecule has 1 fully saturated rings. The third-order valence-electron chi connectivity index (χ3n) is 6.31. The van der Waals surface area contributed by atoms with E-state index in [1.54, 1.807) is 30.3 Å². The van der Waals surface area contributed by atoms with Crippen molar-refractivity contribution >= 4 is 45.1 Å². The van der Waals surface area contributed by atoms with Crippen molar-refractivity contribution in [1.82, 2.24) is 15.3 Å². The third-order valence-corrected chi connectivity index (χ3v) is 7.92. The molecule has 4 aromatic rings. The third kappa shape index (κ3) is 5.36. The molecule has 0 amide bonds. The summed E-state index contributed by atoms with van der Waals surface area (Å²) < 4.78 is 30.4. The fourth-order valence-corrected chi connectivity index (χ4v) is 5.68. The number of anilines is 2. The molecule has 3 aromatic carbocycles. The minimum Gasteiger partial charge on any atom is -0.350 e. The number of fused-ring (bicyclic) bond motifs is 1. The Kier molecular flexibility index (Phi) is 7.46. The number of nitrogens with one attached hydrogen (secondary N) is 3. The predicted molar refractivity (Wildman–Crippen MR) is 145 cm³/mol. The lowest BCUT2D eigenvalue weighted by Crippen LogP contribution is -2.38. The number of rotatable bonds is 7. The van der Waals surface area contributed by atoms with Crippen LogP contribution in [0.15, 0.2) is 65.7 Å². The molecule has 1 saturated heterocycles. The molecular weight excluding hydrogens is 497 g/mol. The first kappa shape index (κ1) is 24.6. The molecule has 2 heterocycles. The summed E-state index contributed by atoms with van der Waals surface area (Å²) in [6.07, 6.45) is 4.83. The summed E-state index contributed by atoms with van der Waals surface area (Å²) in [5, 5.41) is 8.10. The molecule has 6 nitrogen and oxygen atoms in total. The molecule has 1 aliphatic rings. The first-order valence-electron chi connectivity index (χ1n) is 12.0. The summed E-state index contributed by atoms with van der Waals surface area (Å²) in [6.45, 7) is 4.04. The van der Waals surface area contributed by atoms with E-state index in [4.69, 9.17) is 16.6 Å². The van der Waals surface area contributed by atoms with Gasteiger partial charge in [-0.15, -0.1) is 0 Å². The minimum absolute atomic E-state index is 0.143. The highest BCUT2D eigenvalue weighted by Gasteiger charge is 2.16. The molecule has 0 bridgehead atoms. The van der Waals surface area contributed by atoms with Crippen LogP contribution in [0, 0.1) is 5.82 Å². The van der Waals surface area contributed by atoms with E-state index in [0.717, 1.165) is 54.4 Å². The number of piperidine rings is 1. The van der Waals surface area contributed by atoms with Gasteiger partial charge < -0.3 is 10.6 Å². The van der Waals surface area contributed by atoms with E-state index in [1.165, 1.54) is 6.07 Å². The predicted octanol–water partition coefficient (Wildman–Crippen LogP) is 5.95. The molecule has 36 heavy (non-hydrogen) atoms. The second kappa shape index (κ2) is 10.9. The van der Waals surface area contributed by atoms with E-state index < -0.39 is 16.8 Å². The molecule has 0 saturated carbocycles. The van der Waals surface area contributed by atoms with Gasteiger partial charge in [0.1, 0.15) is 5.82 Å².